The maximum absolute atomic E-state index is 6.06. The molecule has 0 bridgehead atoms. The fraction of sp³-hybridized carbons (Fsp3) is 0.750. The van der Waals surface area contributed by atoms with Crippen LogP contribution in [-0.2, 0) is 17.9 Å². The van der Waals surface area contributed by atoms with Gasteiger partial charge in [0.1, 0.15) is 12.4 Å². The van der Waals surface area contributed by atoms with E-state index in [0.29, 0.717) is 12.7 Å². The van der Waals surface area contributed by atoms with Crippen molar-refractivity contribution >= 4 is 0 Å². The van der Waals surface area contributed by atoms with Crippen LogP contribution in [0.5, 0.6) is 0 Å². The monoisotopic (exact) mass is 265 g/mol. The summed E-state index contributed by atoms with van der Waals surface area (Å²) in [4.78, 5) is 0. The molecule has 0 radical (unpaired) electrons. The molecule has 2 rings (SSSR count). The molecule has 2 unspecified atom stereocenters. The van der Waals surface area contributed by atoms with Crippen molar-refractivity contribution in [3.8, 4) is 0 Å². The summed E-state index contributed by atoms with van der Waals surface area (Å²) in [7, 11) is 0. The van der Waals surface area contributed by atoms with E-state index in [1.54, 1.807) is 6.26 Å². The van der Waals surface area contributed by atoms with Crippen molar-refractivity contribution < 1.29 is 9.15 Å². The number of hydrogen-bond acceptors (Lipinski definition) is 3. The Morgan fingerprint density at radius 3 is 3.05 bits per heavy atom. The van der Waals surface area contributed by atoms with E-state index in [1.807, 2.05) is 6.07 Å². The molecule has 0 saturated heterocycles. The van der Waals surface area contributed by atoms with Gasteiger partial charge in [0.2, 0.25) is 0 Å². The first-order chi connectivity index (χ1) is 9.33. The van der Waals surface area contributed by atoms with E-state index in [9.17, 15) is 0 Å². The fourth-order valence-corrected chi connectivity index (χ4v) is 2.87. The second-order valence-electron chi connectivity index (χ2n) is 5.52. The average Bonchev–Trinajstić information content (AvgIpc) is 2.90. The summed E-state index contributed by atoms with van der Waals surface area (Å²) in [6.45, 7) is 6.87. The molecule has 1 aromatic heterocycles. The van der Waals surface area contributed by atoms with Gasteiger partial charge in [-0.2, -0.15) is 0 Å². The molecule has 1 aromatic rings. The van der Waals surface area contributed by atoms with E-state index >= 15 is 0 Å². The largest absolute Gasteiger partial charge is 0.467 e. The van der Waals surface area contributed by atoms with Gasteiger partial charge in [-0.15, -0.1) is 0 Å². The molecule has 0 aromatic carbocycles. The van der Waals surface area contributed by atoms with E-state index in [-0.39, 0.29) is 0 Å². The lowest BCUT2D eigenvalue weighted by molar-refractivity contribution is -0.00573. The van der Waals surface area contributed by atoms with Crippen LogP contribution in [0, 0.1) is 5.92 Å². The number of hydrogen-bond donors (Lipinski definition) is 1. The van der Waals surface area contributed by atoms with Crippen molar-refractivity contribution in [3.63, 3.8) is 0 Å². The Labute approximate surface area is 116 Å². The van der Waals surface area contributed by atoms with Gasteiger partial charge in [-0.1, -0.05) is 33.1 Å². The van der Waals surface area contributed by atoms with Crippen molar-refractivity contribution in [2.75, 3.05) is 6.54 Å². The molecule has 108 valence electrons. The van der Waals surface area contributed by atoms with Crippen LogP contribution in [0.4, 0.5) is 0 Å². The van der Waals surface area contributed by atoms with E-state index < -0.39 is 0 Å². The number of nitrogens with one attached hydrogen (secondary N) is 1. The van der Waals surface area contributed by atoms with Gasteiger partial charge in [0, 0.05) is 12.1 Å². The summed E-state index contributed by atoms with van der Waals surface area (Å²) < 4.78 is 11.6. The normalized spacial score (nSPS) is 23.7. The third-order valence-electron chi connectivity index (χ3n) is 4.17. The molecule has 2 atom stereocenters. The summed E-state index contributed by atoms with van der Waals surface area (Å²) >= 11 is 0. The maximum Gasteiger partial charge on any atom is 0.133 e. The summed E-state index contributed by atoms with van der Waals surface area (Å²) in [6, 6.07) is 2.04. The zero-order valence-corrected chi connectivity index (χ0v) is 12.3. The lowest BCUT2D eigenvalue weighted by Gasteiger charge is -2.28. The van der Waals surface area contributed by atoms with Crippen LogP contribution in [0.1, 0.15) is 57.3 Å². The molecular weight excluding hydrogens is 238 g/mol. The summed E-state index contributed by atoms with van der Waals surface area (Å²) in [5.74, 6) is 1.84. The van der Waals surface area contributed by atoms with Gasteiger partial charge in [-0.05, 0) is 31.4 Å². The van der Waals surface area contributed by atoms with Gasteiger partial charge < -0.3 is 14.5 Å². The lowest BCUT2D eigenvalue weighted by Crippen LogP contribution is -2.22. The highest BCUT2D eigenvalue weighted by atomic mass is 16.5. The highest BCUT2D eigenvalue weighted by molar-refractivity contribution is 5.16. The molecule has 1 aliphatic carbocycles. The van der Waals surface area contributed by atoms with Crippen molar-refractivity contribution in [2.24, 2.45) is 5.92 Å². The zero-order chi connectivity index (χ0) is 13.5. The van der Waals surface area contributed by atoms with Gasteiger partial charge in [0.15, 0.2) is 0 Å². The molecule has 19 heavy (non-hydrogen) atoms. The number of furan rings is 1. The molecule has 0 spiro atoms. The van der Waals surface area contributed by atoms with Crippen LogP contribution >= 0.6 is 0 Å². The first kappa shape index (κ1) is 14.6. The Bertz CT molecular complexity index is 361. The smallest absolute Gasteiger partial charge is 0.133 e. The molecular formula is C16H27NO2. The Balaban J connectivity index is 1.79. The predicted octanol–water partition coefficient (Wildman–Crippen LogP) is 3.87. The molecule has 3 heteroatoms. The van der Waals surface area contributed by atoms with Gasteiger partial charge in [0.05, 0.1) is 12.4 Å². The van der Waals surface area contributed by atoms with E-state index in [4.69, 9.17) is 9.15 Å². The summed E-state index contributed by atoms with van der Waals surface area (Å²) in [6.07, 6.45) is 8.59. The van der Waals surface area contributed by atoms with Crippen LogP contribution in [0.15, 0.2) is 16.7 Å². The Kier molecular flexibility index (Phi) is 5.93. The minimum absolute atomic E-state index is 0.427. The SMILES string of the molecule is CCNCc1ccoc1COC1CCCC(CC)C1. The van der Waals surface area contributed by atoms with E-state index in [2.05, 4.69) is 19.2 Å². The van der Waals surface area contributed by atoms with Gasteiger partial charge >= 0.3 is 0 Å². The zero-order valence-electron chi connectivity index (χ0n) is 12.3. The third kappa shape index (κ3) is 4.36. The van der Waals surface area contributed by atoms with Crippen LogP contribution in [0.2, 0.25) is 0 Å². The van der Waals surface area contributed by atoms with Crippen LogP contribution in [-0.4, -0.2) is 12.6 Å². The molecule has 1 saturated carbocycles. The van der Waals surface area contributed by atoms with Crippen LogP contribution in [0.3, 0.4) is 0 Å². The Morgan fingerprint density at radius 1 is 1.37 bits per heavy atom. The van der Waals surface area contributed by atoms with Crippen LogP contribution < -0.4 is 5.32 Å². The maximum atomic E-state index is 6.06. The quantitative estimate of drug-likeness (QED) is 0.812. The second-order valence-corrected chi connectivity index (χ2v) is 5.52. The fourth-order valence-electron chi connectivity index (χ4n) is 2.87. The molecule has 1 fully saturated rings. The molecule has 1 aliphatic rings. The minimum atomic E-state index is 0.427. The standard InChI is InChI=1S/C16H27NO2/c1-3-13-6-5-7-15(10-13)19-12-16-14(8-9-18-16)11-17-4-2/h8-9,13,15,17H,3-7,10-12H2,1-2H3. The summed E-state index contributed by atoms with van der Waals surface area (Å²) in [5.41, 5.74) is 1.23. The van der Waals surface area contributed by atoms with Crippen molar-refractivity contribution in [2.45, 2.75) is 65.2 Å². The minimum Gasteiger partial charge on any atom is -0.467 e. The molecule has 3 nitrogen and oxygen atoms in total. The second kappa shape index (κ2) is 7.71. The predicted molar refractivity (Wildman–Crippen MR) is 76.9 cm³/mol. The highest BCUT2D eigenvalue weighted by Gasteiger charge is 2.21. The highest BCUT2D eigenvalue weighted by Crippen LogP contribution is 2.29. The number of ether oxygens (including phenoxy) is 1. The van der Waals surface area contributed by atoms with E-state index in [1.165, 1.54) is 37.7 Å². The van der Waals surface area contributed by atoms with Crippen LogP contribution in [0.25, 0.3) is 0 Å². The van der Waals surface area contributed by atoms with Crippen molar-refractivity contribution in [1.82, 2.24) is 5.32 Å². The van der Waals surface area contributed by atoms with Crippen molar-refractivity contribution in [3.05, 3.63) is 23.7 Å². The molecule has 0 amide bonds. The summed E-state index contributed by atoms with van der Waals surface area (Å²) in [5, 5.41) is 3.33. The first-order valence-electron chi connectivity index (χ1n) is 7.71. The van der Waals surface area contributed by atoms with E-state index in [0.717, 1.165) is 24.8 Å². The Hall–Kier alpha value is -0.800. The number of rotatable bonds is 7. The molecule has 0 aliphatic heterocycles. The molecule has 1 heterocycles. The van der Waals surface area contributed by atoms with Gasteiger partial charge in [0.25, 0.3) is 0 Å². The average molecular weight is 265 g/mol. The van der Waals surface area contributed by atoms with Gasteiger partial charge in [-0.25, -0.2) is 0 Å². The lowest BCUT2D eigenvalue weighted by atomic mass is 9.85. The first-order valence-corrected chi connectivity index (χ1v) is 7.71. The third-order valence-corrected chi connectivity index (χ3v) is 4.17. The Morgan fingerprint density at radius 2 is 2.26 bits per heavy atom. The topological polar surface area (TPSA) is 34.4 Å². The van der Waals surface area contributed by atoms with Gasteiger partial charge in [-0.3, -0.25) is 0 Å². The molecule has 1 N–H and O–H groups in total. The van der Waals surface area contributed by atoms with Crippen molar-refractivity contribution in [1.29, 1.82) is 0 Å².